The summed E-state index contributed by atoms with van der Waals surface area (Å²) in [6.07, 6.45) is 0.189. The van der Waals surface area contributed by atoms with Crippen LogP contribution in [0.3, 0.4) is 0 Å². The van der Waals surface area contributed by atoms with Crippen molar-refractivity contribution in [2.45, 2.75) is 32.9 Å². The van der Waals surface area contributed by atoms with Crippen LogP contribution >= 0.6 is 22.7 Å². The zero-order chi connectivity index (χ0) is 13.4. The average molecular weight is 292 g/mol. The number of thiophene rings is 2. The van der Waals surface area contributed by atoms with E-state index in [4.69, 9.17) is 0 Å². The Morgan fingerprint density at radius 2 is 2.21 bits per heavy atom. The Kier molecular flexibility index (Phi) is 3.43. The second-order valence-electron chi connectivity index (χ2n) is 4.61. The Balaban J connectivity index is 1.84. The molecule has 0 fully saturated rings. The van der Waals surface area contributed by atoms with Crippen LogP contribution in [0, 0.1) is 6.92 Å². The summed E-state index contributed by atoms with van der Waals surface area (Å²) >= 11 is 3.41. The molecule has 1 atom stereocenters. The average Bonchev–Trinajstić information content (AvgIpc) is 3.02. The van der Waals surface area contributed by atoms with E-state index in [9.17, 15) is 5.11 Å². The lowest BCUT2D eigenvalue weighted by atomic mass is 10.1. The molecule has 5 heteroatoms. The molecular formula is C14H16N2OS2. The van der Waals surface area contributed by atoms with Crippen molar-refractivity contribution in [1.82, 2.24) is 9.78 Å². The molecule has 3 nitrogen and oxygen atoms in total. The summed E-state index contributed by atoms with van der Waals surface area (Å²) in [5.74, 6) is 0. The zero-order valence-corrected chi connectivity index (χ0v) is 12.6. The van der Waals surface area contributed by atoms with Crippen molar-refractivity contribution in [2.24, 2.45) is 0 Å². The number of hydrogen-bond donors (Lipinski definition) is 1. The SMILES string of the molecule is CCn1nc(C)cc1CC(O)c1cc2sccc2s1. The number of aliphatic hydroxyl groups excluding tert-OH is 1. The van der Waals surface area contributed by atoms with Crippen molar-refractivity contribution in [3.63, 3.8) is 0 Å². The van der Waals surface area contributed by atoms with Gasteiger partial charge in [0, 0.05) is 32.9 Å². The Hall–Kier alpha value is -1.17. The topological polar surface area (TPSA) is 38.0 Å². The van der Waals surface area contributed by atoms with E-state index in [-0.39, 0.29) is 0 Å². The van der Waals surface area contributed by atoms with E-state index in [0.29, 0.717) is 6.42 Å². The molecule has 19 heavy (non-hydrogen) atoms. The summed E-state index contributed by atoms with van der Waals surface area (Å²) in [6.45, 7) is 4.90. The van der Waals surface area contributed by atoms with E-state index in [1.54, 1.807) is 22.7 Å². The highest BCUT2D eigenvalue weighted by atomic mass is 32.1. The summed E-state index contributed by atoms with van der Waals surface area (Å²) in [4.78, 5) is 1.04. The van der Waals surface area contributed by atoms with Gasteiger partial charge in [-0.05, 0) is 37.4 Å². The molecule has 0 amide bonds. The molecule has 3 aromatic heterocycles. The van der Waals surface area contributed by atoms with Crippen molar-refractivity contribution < 1.29 is 5.11 Å². The number of aryl methyl sites for hydroxylation is 2. The van der Waals surface area contributed by atoms with Crippen molar-refractivity contribution in [1.29, 1.82) is 0 Å². The van der Waals surface area contributed by atoms with Gasteiger partial charge >= 0.3 is 0 Å². The van der Waals surface area contributed by atoms with Crippen LogP contribution in [0.15, 0.2) is 23.6 Å². The van der Waals surface area contributed by atoms with Crippen LogP contribution in [0.2, 0.25) is 0 Å². The first-order chi connectivity index (χ1) is 9.17. The molecule has 0 aliphatic rings. The molecule has 3 rings (SSSR count). The summed E-state index contributed by atoms with van der Waals surface area (Å²) in [5.41, 5.74) is 2.11. The molecule has 0 bridgehead atoms. The van der Waals surface area contributed by atoms with Crippen LogP contribution < -0.4 is 0 Å². The van der Waals surface area contributed by atoms with Crippen LogP contribution in [0.5, 0.6) is 0 Å². The van der Waals surface area contributed by atoms with Gasteiger partial charge in [-0.2, -0.15) is 5.10 Å². The van der Waals surface area contributed by atoms with E-state index in [2.05, 4.69) is 35.6 Å². The standard InChI is InChI=1S/C14H16N2OS2/c1-3-16-10(6-9(2)15-16)7-11(17)13-8-14-12(19-13)4-5-18-14/h4-6,8,11,17H,3,7H2,1-2H3. The Bertz CT molecular complexity index is 667. The highest BCUT2D eigenvalue weighted by Crippen LogP contribution is 2.34. The van der Waals surface area contributed by atoms with Gasteiger partial charge in [0.05, 0.1) is 11.8 Å². The molecule has 3 heterocycles. The number of nitrogens with zero attached hydrogens (tertiary/aromatic N) is 2. The zero-order valence-electron chi connectivity index (χ0n) is 11.0. The fourth-order valence-electron chi connectivity index (χ4n) is 2.28. The second-order valence-corrected chi connectivity index (χ2v) is 6.67. The Labute approximate surface area is 120 Å². The van der Waals surface area contributed by atoms with E-state index < -0.39 is 6.10 Å². The maximum absolute atomic E-state index is 10.4. The van der Waals surface area contributed by atoms with Crippen molar-refractivity contribution in [3.8, 4) is 0 Å². The van der Waals surface area contributed by atoms with Crippen molar-refractivity contribution in [2.75, 3.05) is 0 Å². The minimum absolute atomic E-state index is 0.439. The van der Waals surface area contributed by atoms with Crippen molar-refractivity contribution >= 4 is 32.1 Å². The normalized spacial score (nSPS) is 13.2. The summed E-state index contributed by atoms with van der Waals surface area (Å²) < 4.78 is 4.49. The third-order valence-electron chi connectivity index (χ3n) is 3.17. The quantitative estimate of drug-likeness (QED) is 0.795. The van der Waals surface area contributed by atoms with Gasteiger partial charge in [-0.15, -0.1) is 22.7 Å². The predicted octanol–water partition coefficient (Wildman–Crippen LogP) is 3.76. The van der Waals surface area contributed by atoms with Gasteiger partial charge in [0.25, 0.3) is 0 Å². The van der Waals surface area contributed by atoms with Gasteiger partial charge in [0.1, 0.15) is 0 Å². The molecule has 3 aromatic rings. The van der Waals surface area contributed by atoms with Gasteiger partial charge in [-0.25, -0.2) is 0 Å². The van der Waals surface area contributed by atoms with Gasteiger partial charge in [0.15, 0.2) is 0 Å². The monoisotopic (exact) mass is 292 g/mol. The van der Waals surface area contributed by atoms with E-state index in [1.807, 2.05) is 11.6 Å². The lowest BCUT2D eigenvalue weighted by Gasteiger charge is -2.09. The number of fused-ring (bicyclic) bond motifs is 1. The lowest BCUT2D eigenvalue weighted by molar-refractivity contribution is 0.179. The molecular weight excluding hydrogens is 276 g/mol. The van der Waals surface area contributed by atoms with Crippen LogP contribution in [0.25, 0.3) is 9.40 Å². The highest BCUT2D eigenvalue weighted by molar-refractivity contribution is 7.26. The Morgan fingerprint density at radius 3 is 2.95 bits per heavy atom. The third-order valence-corrected chi connectivity index (χ3v) is 5.37. The summed E-state index contributed by atoms with van der Waals surface area (Å²) in [7, 11) is 0. The molecule has 0 saturated heterocycles. The number of aliphatic hydroxyl groups is 1. The number of rotatable bonds is 4. The minimum atomic E-state index is -0.439. The molecule has 100 valence electrons. The maximum atomic E-state index is 10.4. The summed E-state index contributed by atoms with van der Waals surface area (Å²) in [5, 5.41) is 16.9. The predicted molar refractivity (Wildman–Crippen MR) is 81.0 cm³/mol. The number of hydrogen-bond acceptors (Lipinski definition) is 4. The Morgan fingerprint density at radius 1 is 1.37 bits per heavy atom. The van der Waals surface area contributed by atoms with Crippen LogP contribution in [-0.2, 0) is 13.0 Å². The lowest BCUT2D eigenvalue weighted by Crippen LogP contribution is -2.07. The van der Waals surface area contributed by atoms with Gasteiger partial charge in [0.2, 0.25) is 0 Å². The first-order valence-electron chi connectivity index (χ1n) is 6.35. The van der Waals surface area contributed by atoms with Crippen LogP contribution in [-0.4, -0.2) is 14.9 Å². The maximum Gasteiger partial charge on any atom is 0.0937 e. The fourth-order valence-corrected chi connectivity index (χ4v) is 4.39. The summed E-state index contributed by atoms with van der Waals surface area (Å²) in [6, 6.07) is 6.28. The largest absolute Gasteiger partial charge is 0.387 e. The number of aromatic nitrogens is 2. The molecule has 0 aromatic carbocycles. The first-order valence-corrected chi connectivity index (χ1v) is 8.05. The highest BCUT2D eigenvalue weighted by Gasteiger charge is 2.15. The van der Waals surface area contributed by atoms with E-state index in [1.165, 1.54) is 9.40 Å². The smallest absolute Gasteiger partial charge is 0.0937 e. The molecule has 0 aliphatic carbocycles. The second kappa shape index (κ2) is 5.07. The molecule has 1 unspecified atom stereocenters. The third kappa shape index (κ3) is 2.45. The van der Waals surface area contributed by atoms with Crippen LogP contribution in [0.4, 0.5) is 0 Å². The van der Waals surface area contributed by atoms with Crippen LogP contribution in [0.1, 0.15) is 29.3 Å². The van der Waals surface area contributed by atoms with E-state index >= 15 is 0 Å². The van der Waals surface area contributed by atoms with Gasteiger partial charge in [-0.1, -0.05) is 0 Å². The molecule has 0 radical (unpaired) electrons. The van der Waals surface area contributed by atoms with Gasteiger partial charge in [-0.3, -0.25) is 4.68 Å². The molecule has 1 N–H and O–H groups in total. The molecule has 0 saturated carbocycles. The van der Waals surface area contributed by atoms with Crippen molar-refractivity contribution in [3.05, 3.63) is 39.8 Å². The van der Waals surface area contributed by atoms with Gasteiger partial charge < -0.3 is 5.11 Å². The molecule has 0 aliphatic heterocycles. The first kappa shape index (κ1) is 12.8. The van der Waals surface area contributed by atoms with E-state index in [0.717, 1.165) is 22.8 Å². The molecule has 0 spiro atoms. The minimum Gasteiger partial charge on any atom is -0.387 e. The fraction of sp³-hybridized carbons (Fsp3) is 0.357.